The molecule has 0 saturated heterocycles. The van der Waals surface area contributed by atoms with Crippen LogP contribution in [0.1, 0.15) is 12.7 Å². The van der Waals surface area contributed by atoms with Crippen LogP contribution in [0.3, 0.4) is 0 Å². The number of hydrogen-bond donors (Lipinski definition) is 1. The fourth-order valence-corrected chi connectivity index (χ4v) is 2.68. The number of benzene rings is 2. The molecule has 2 aromatic carbocycles. The number of ether oxygens (including phenoxy) is 2. The molecule has 0 saturated carbocycles. The zero-order chi connectivity index (χ0) is 16.9. The van der Waals surface area contributed by atoms with Gasteiger partial charge in [-0.25, -0.2) is 4.98 Å². The largest absolute Gasteiger partial charge is 0.494 e. The molecule has 0 aliphatic carbocycles. The van der Waals surface area contributed by atoms with Crippen LogP contribution < -0.4 is 9.47 Å². The van der Waals surface area contributed by atoms with Crippen molar-refractivity contribution in [3.8, 4) is 11.5 Å². The number of rotatable bonds is 7. The Kier molecular flexibility index (Phi) is 5.01. The van der Waals surface area contributed by atoms with Gasteiger partial charge in [0, 0.05) is 0 Å². The molecule has 0 spiro atoms. The summed E-state index contributed by atoms with van der Waals surface area (Å²) in [5.41, 5.74) is 1.96. The van der Waals surface area contributed by atoms with E-state index in [0.717, 1.165) is 22.6 Å². The van der Waals surface area contributed by atoms with Crippen molar-refractivity contribution >= 4 is 11.0 Å². The summed E-state index contributed by atoms with van der Waals surface area (Å²) in [6, 6.07) is 15.3. The molecule has 3 aromatic rings. The van der Waals surface area contributed by atoms with Crippen LogP contribution in [0.25, 0.3) is 11.0 Å². The first-order chi connectivity index (χ1) is 11.7. The predicted octanol–water partition coefficient (Wildman–Crippen LogP) is 3.18. The first-order valence-corrected chi connectivity index (χ1v) is 8.13. The molecule has 0 unspecified atom stereocenters. The van der Waals surface area contributed by atoms with Crippen molar-refractivity contribution < 1.29 is 14.6 Å². The van der Waals surface area contributed by atoms with Gasteiger partial charge in [-0.15, -0.1) is 0 Å². The molecule has 1 atom stereocenters. The second-order valence-electron chi connectivity index (χ2n) is 5.63. The van der Waals surface area contributed by atoms with E-state index >= 15 is 0 Å². The molecule has 1 aromatic heterocycles. The van der Waals surface area contributed by atoms with Gasteiger partial charge in [-0.1, -0.05) is 12.1 Å². The van der Waals surface area contributed by atoms with Crippen molar-refractivity contribution in [1.29, 1.82) is 0 Å². The van der Waals surface area contributed by atoms with E-state index in [4.69, 9.17) is 9.47 Å². The van der Waals surface area contributed by atoms with E-state index < -0.39 is 6.10 Å². The van der Waals surface area contributed by atoms with Crippen molar-refractivity contribution in [3.63, 3.8) is 0 Å². The second kappa shape index (κ2) is 7.36. The zero-order valence-electron chi connectivity index (χ0n) is 14.0. The Morgan fingerprint density at radius 2 is 1.71 bits per heavy atom. The molecule has 24 heavy (non-hydrogen) atoms. The van der Waals surface area contributed by atoms with Crippen LogP contribution in [0.15, 0.2) is 48.5 Å². The first-order valence-electron chi connectivity index (χ1n) is 8.13. The molecule has 126 valence electrons. The minimum Gasteiger partial charge on any atom is -0.494 e. The fraction of sp³-hybridized carbons (Fsp3) is 0.316. The van der Waals surface area contributed by atoms with Gasteiger partial charge in [-0.2, -0.15) is 0 Å². The van der Waals surface area contributed by atoms with E-state index in [9.17, 15) is 5.11 Å². The summed E-state index contributed by atoms with van der Waals surface area (Å²) < 4.78 is 13.1. The lowest BCUT2D eigenvalue weighted by atomic mass is 10.3. The van der Waals surface area contributed by atoms with Gasteiger partial charge >= 0.3 is 0 Å². The Balaban J connectivity index is 1.60. The quantitative estimate of drug-likeness (QED) is 0.724. The Bertz CT molecular complexity index is 796. The van der Waals surface area contributed by atoms with E-state index in [1.54, 1.807) is 0 Å². The summed E-state index contributed by atoms with van der Waals surface area (Å²) in [5, 5.41) is 10.3. The third-order valence-corrected chi connectivity index (χ3v) is 3.82. The molecular weight excluding hydrogens is 304 g/mol. The van der Waals surface area contributed by atoms with E-state index in [1.807, 2.05) is 66.9 Å². The Morgan fingerprint density at radius 3 is 2.42 bits per heavy atom. The molecule has 3 rings (SSSR count). The highest BCUT2D eigenvalue weighted by Crippen LogP contribution is 2.19. The maximum Gasteiger partial charge on any atom is 0.119 e. The van der Waals surface area contributed by atoms with Gasteiger partial charge in [0.15, 0.2) is 0 Å². The van der Waals surface area contributed by atoms with Gasteiger partial charge in [-0.05, 0) is 50.2 Å². The first kappa shape index (κ1) is 16.3. The number of imidazole rings is 1. The second-order valence-corrected chi connectivity index (χ2v) is 5.63. The molecule has 0 fully saturated rings. The highest BCUT2D eigenvalue weighted by atomic mass is 16.5. The lowest BCUT2D eigenvalue weighted by Gasteiger charge is -2.15. The summed E-state index contributed by atoms with van der Waals surface area (Å²) in [6.45, 7) is 5.20. The fourth-order valence-electron chi connectivity index (χ4n) is 2.68. The van der Waals surface area contributed by atoms with Crippen LogP contribution in [0.2, 0.25) is 0 Å². The summed E-state index contributed by atoms with van der Waals surface area (Å²) in [6.07, 6.45) is -0.618. The number of hydrogen-bond acceptors (Lipinski definition) is 4. The third-order valence-electron chi connectivity index (χ3n) is 3.82. The summed E-state index contributed by atoms with van der Waals surface area (Å²) in [4.78, 5) is 4.51. The van der Waals surface area contributed by atoms with Crippen LogP contribution >= 0.6 is 0 Å². The minimum absolute atomic E-state index is 0.222. The Labute approximate surface area is 141 Å². The van der Waals surface area contributed by atoms with Gasteiger partial charge in [0.25, 0.3) is 0 Å². The van der Waals surface area contributed by atoms with Gasteiger partial charge in [-0.3, -0.25) is 0 Å². The maximum absolute atomic E-state index is 10.3. The van der Waals surface area contributed by atoms with Crippen molar-refractivity contribution in [2.45, 2.75) is 26.5 Å². The number of para-hydroxylation sites is 2. The van der Waals surface area contributed by atoms with Crippen LogP contribution in [0.5, 0.6) is 11.5 Å². The highest BCUT2D eigenvalue weighted by Gasteiger charge is 2.12. The van der Waals surface area contributed by atoms with E-state index in [-0.39, 0.29) is 6.61 Å². The lowest BCUT2D eigenvalue weighted by molar-refractivity contribution is 0.0929. The molecule has 0 amide bonds. The molecule has 0 aliphatic heterocycles. The molecular formula is C19H22N2O3. The zero-order valence-corrected chi connectivity index (χ0v) is 14.0. The van der Waals surface area contributed by atoms with Crippen molar-refractivity contribution in [3.05, 3.63) is 54.4 Å². The van der Waals surface area contributed by atoms with E-state index in [1.165, 1.54) is 0 Å². The normalized spacial score (nSPS) is 12.3. The van der Waals surface area contributed by atoms with Crippen LogP contribution in [0, 0.1) is 6.92 Å². The van der Waals surface area contributed by atoms with Crippen molar-refractivity contribution in [2.24, 2.45) is 0 Å². The molecule has 1 heterocycles. The monoisotopic (exact) mass is 326 g/mol. The lowest BCUT2D eigenvalue weighted by Crippen LogP contribution is -2.24. The smallest absolute Gasteiger partial charge is 0.119 e. The average Bonchev–Trinajstić information content (AvgIpc) is 2.90. The standard InChI is InChI=1S/C19H22N2O3/c1-3-23-16-8-10-17(11-9-16)24-13-15(22)12-21-14(2)20-18-6-4-5-7-19(18)21/h4-11,15,22H,3,12-13H2,1-2H3/t15-/m1/s1. The molecule has 0 bridgehead atoms. The number of aliphatic hydroxyl groups is 1. The van der Waals surface area contributed by atoms with Crippen LogP contribution in [-0.4, -0.2) is 34.0 Å². The summed E-state index contributed by atoms with van der Waals surface area (Å²) in [7, 11) is 0. The highest BCUT2D eigenvalue weighted by molar-refractivity contribution is 5.75. The Morgan fingerprint density at radius 1 is 1.04 bits per heavy atom. The van der Waals surface area contributed by atoms with Crippen LogP contribution in [-0.2, 0) is 6.54 Å². The number of nitrogens with zero attached hydrogens (tertiary/aromatic N) is 2. The number of fused-ring (bicyclic) bond motifs is 1. The summed E-state index contributed by atoms with van der Waals surface area (Å²) in [5.74, 6) is 2.41. The average molecular weight is 326 g/mol. The number of aliphatic hydroxyl groups excluding tert-OH is 1. The third kappa shape index (κ3) is 3.68. The van der Waals surface area contributed by atoms with Gasteiger partial charge in [0.1, 0.15) is 30.0 Å². The van der Waals surface area contributed by atoms with Gasteiger partial charge in [0.05, 0.1) is 24.2 Å². The molecule has 5 heteroatoms. The van der Waals surface area contributed by atoms with Crippen molar-refractivity contribution in [1.82, 2.24) is 9.55 Å². The van der Waals surface area contributed by atoms with Gasteiger partial charge < -0.3 is 19.1 Å². The van der Waals surface area contributed by atoms with Crippen molar-refractivity contribution in [2.75, 3.05) is 13.2 Å². The molecule has 1 N–H and O–H groups in total. The van der Waals surface area contributed by atoms with E-state index in [0.29, 0.717) is 18.9 Å². The topological polar surface area (TPSA) is 56.5 Å². The Hall–Kier alpha value is -2.53. The minimum atomic E-state index is -0.618. The molecule has 5 nitrogen and oxygen atoms in total. The summed E-state index contributed by atoms with van der Waals surface area (Å²) >= 11 is 0. The predicted molar refractivity (Wildman–Crippen MR) is 93.6 cm³/mol. The van der Waals surface area contributed by atoms with Gasteiger partial charge in [0.2, 0.25) is 0 Å². The van der Waals surface area contributed by atoms with Crippen LogP contribution in [0.4, 0.5) is 0 Å². The SMILES string of the molecule is CCOc1ccc(OC[C@H](O)Cn2c(C)nc3ccccc32)cc1. The number of aromatic nitrogens is 2. The van der Waals surface area contributed by atoms with E-state index in [2.05, 4.69) is 4.98 Å². The number of aryl methyl sites for hydroxylation is 1. The molecule has 0 aliphatic rings. The maximum atomic E-state index is 10.3. The molecule has 0 radical (unpaired) electrons.